The van der Waals surface area contributed by atoms with Gasteiger partial charge >= 0.3 is 0 Å². The minimum absolute atomic E-state index is 0.0240. The standard InChI is InChI=1S/C23H25FN2O3S/c1-17(2)26(22(27)13-21-6-4-12-30-21)16-23(28)25(15-20-5-3-11-29-20)14-18-7-9-19(24)10-8-18/h3-12,17H,13-16H2,1-2H3. The molecule has 0 unspecified atom stereocenters. The molecule has 2 aromatic heterocycles. The Morgan fingerprint density at radius 2 is 1.80 bits per heavy atom. The van der Waals surface area contributed by atoms with Gasteiger partial charge in [-0.05, 0) is 55.1 Å². The van der Waals surface area contributed by atoms with Crippen LogP contribution in [0.2, 0.25) is 0 Å². The predicted molar refractivity (Wildman–Crippen MR) is 114 cm³/mol. The van der Waals surface area contributed by atoms with Gasteiger partial charge in [-0.3, -0.25) is 9.59 Å². The Morgan fingerprint density at radius 1 is 1.03 bits per heavy atom. The Balaban J connectivity index is 1.73. The zero-order valence-corrected chi connectivity index (χ0v) is 17.9. The summed E-state index contributed by atoms with van der Waals surface area (Å²) in [7, 11) is 0. The number of hydrogen-bond acceptors (Lipinski definition) is 4. The highest BCUT2D eigenvalue weighted by Crippen LogP contribution is 2.15. The molecule has 0 fully saturated rings. The number of thiophene rings is 1. The molecule has 3 rings (SSSR count). The van der Waals surface area contributed by atoms with Gasteiger partial charge in [0.25, 0.3) is 0 Å². The number of furan rings is 1. The number of hydrogen-bond donors (Lipinski definition) is 0. The topological polar surface area (TPSA) is 53.8 Å². The molecule has 0 saturated carbocycles. The highest BCUT2D eigenvalue weighted by atomic mass is 32.1. The Bertz CT molecular complexity index is 938. The molecule has 158 valence electrons. The van der Waals surface area contributed by atoms with Gasteiger partial charge in [0.2, 0.25) is 11.8 Å². The maximum absolute atomic E-state index is 13.3. The Hall–Kier alpha value is -2.93. The molecule has 5 nitrogen and oxygen atoms in total. The van der Waals surface area contributed by atoms with E-state index >= 15 is 0 Å². The lowest BCUT2D eigenvalue weighted by molar-refractivity contribution is -0.142. The average molecular weight is 429 g/mol. The number of rotatable bonds is 9. The fourth-order valence-corrected chi connectivity index (χ4v) is 3.80. The van der Waals surface area contributed by atoms with Crippen molar-refractivity contribution in [1.29, 1.82) is 0 Å². The molecule has 0 N–H and O–H groups in total. The van der Waals surface area contributed by atoms with E-state index in [9.17, 15) is 14.0 Å². The molecule has 0 bridgehead atoms. The molecule has 0 atom stereocenters. The van der Waals surface area contributed by atoms with E-state index in [-0.39, 0.29) is 43.2 Å². The van der Waals surface area contributed by atoms with Gasteiger partial charge in [0.15, 0.2) is 0 Å². The van der Waals surface area contributed by atoms with Crippen LogP contribution >= 0.6 is 11.3 Å². The number of carbonyl (C=O) groups is 2. The summed E-state index contributed by atoms with van der Waals surface area (Å²) < 4.78 is 18.7. The van der Waals surface area contributed by atoms with Crippen molar-refractivity contribution in [3.05, 3.63) is 82.2 Å². The monoisotopic (exact) mass is 428 g/mol. The molecule has 3 aromatic rings. The number of amides is 2. The van der Waals surface area contributed by atoms with E-state index in [0.717, 1.165) is 10.4 Å². The fourth-order valence-electron chi connectivity index (χ4n) is 3.10. The maximum Gasteiger partial charge on any atom is 0.242 e. The van der Waals surface area contributed by atoms with E-state index in [4.69, 9.17) is 4.42 Å². The van der Waals surface area contributed by atoms with E-state index in [0.29, 0.717) is 12.3 Å². The summed E-state index contributed by atoms with van der Waals surface area (Å²) in [6.45, 7) is 4.34. The minimum atomic E-state index is -0.326. The molecule has 7 heteroatoms. The van der Waals surface area contributed by atoms with Crippen molar-refractivity contribution >= 4 is 23.2 Å². The van der Waals surface area contributed by atoms with E-state index in [1.165, 1.54) is 23.5 Å². The highest BCUT2D eigenvalue weighted by Gasteiger charge is 2.24. The molecule has 0 aliphatic carbocycles. The van der Waals surface area contributed by atoms with Gasteiger partial charge in [-0.1, -0.05) is 18.2 Å². The summed E-state index contributed by atoms with van der Waals surface area (Å²) in [5, 5.41) is 1.93. The van der Waals surface area contributed by atoms with Gasteiger partial charge in [0.05, 0.1) is 19.2 Å². The molecule has 0 spiro atoms. The first-order chi connectivity index (χ1) is 14.4. The van der Waals surface area contributed by atoms with Crippen LogP contribution in [-0.2, 0) is 29.1 Å². The van der Waals surface area contributed by atoms with Crippen molar-refractivity contribution in [3.8, 4) is 0 Å². The maximum atomic E-state index is 13.3. The molecular formula is C23H25FN2O3S. The molecule has 0 aliphatic rings. The van der Waals surface area contributed by atoms with Gasteiger partial charge in [0.1, 0.15) is 18.1 Å². The van der Waals surface area contributed by atoms with Gasteiger partial charge in [-0.25, -0.2) is 4.39 Å². The van der Waals surface area contributed by atoms with Gasteiger partial charge in [-0.15, -0.1) is 11.3 Å². The number of nitrogens with zero attached hydrogens (tertiary/aromatic N) is 2. The summed E-state index contributed by atoms with van der Waals surface area (Å²) in [4.78, 5) is 30.2. The van der Waals surface area contributed by atoms with Crippen LogP contribution in [0.1, 0.15) is 30.0 Å². The zero-order valence-electron chi connectivity index (χ0n) is 17.1. The third-order valence-electron chi connectivity index (χ3n) is 4.72. The van der Waals surface area contributed by atoms with E-state index in [2.05, 4.69) is 0 Å². The summed E-state index contributed by atoms with van der Waals surface area (Å²) in [5.74, 6) is 0.0452. The third kappa shape index (κ3) is 6.03. The van der Waals surface area contributed by atoms with Crippen LogP contribution in [0.15, 0.2) is 64.6 Å². The highest BCUT2D eigenvalue weighted by molar-refractivity contribution is 7.10. The van der Waals surface area contributed by atoms with Gasteiger partial charge in [0, 0.05) is 17.5 Å². The van der Waals surface area contributed by atoms with Crippen molar-refractivity contribution < 1.29 is 18.4 Å². The summed E-state index contributed by atoms with van der Waals surface area (Å²) in [6.07, 6.45) is 1.83. The third-order valence-corrected chi connectivity index (χ3v) is 5.60. The van der Waals surface area contributed by atoms with Crippen molar-refractivity contribution in [1.82, 2.24) is 9.80 Å². The summed E-state index contributed by atoms with van der Waals surface area (Å²) in [6, 6.07) is 13.3. The number of benzene rings is 1. The number of carbonyl (C=O) groups excluding carboxylic acids is 2. The molecule has 0 radical (unpaired) electrons. The average Bonchev–Trinajstić information content (AvgIpc) is 3.41. The van der Waals surface area contributed by atoms with Crippen molar-refractivity contribution in [2.24, 2.45) is 0 Å². The lowest BCUT2D eigenvalue weighted by Crippen LogP contribution is -2.46. The second kappa shape index (κ2) is 10.2. The Labute approximate surface area is 179 Å². The van der Waals surface area contributed by atoms with Crippen molar-refractivity contribution in [2.75, 3.05) is 6.54 Å². The van der Waals surface area contributed by atoms with E-state index in [1.54, 1.807) is 40.3 Å². The van der Waals surface area contributed by atoms with E-state index < -0.39 is 0 Å². The van der Waals surface area contributed by atoms with Crippen molar-refractivity contribution in [3.63, 3.8) is 0 Å². The van der Waals surface area contributed by atoms with Crippen LogP contribution in [0.25, 0.3) is 0 Å². The first kappa shape index (κ1) is 21.8. The molecule has 2 heterocycles. The van der Waals surface area contributed by atoms with Crippen LogP contribution in [0.5, 0.6) is 0 Å². The van der Waals surface area contributed by atoms with Gasteiger partial charge in [-0.2, -0.15) is 0 Å². The molecule has 0 saturated heterocycles. The largest absolute Gasteiger partial charge is 0.467 e. The quantitative estimate of drug-likeness (QED) is 0.505. The Morgan fingerprint density at radius 3 is 2.40 bits per heavy atom. The molecule has 0 aliphatic heterocycles. The first-order valence-electron chi connectivity index (χ1n) is 9.79. The predicted octanol–water partition coefficient (Wildman–Crippen LogP) is 4.49. The number of halogens is 1. The fraction of sp³-hybridized carbons (Fsp3) is 0.304. The normalized spacial score (nSPS) is 10.9. The summed E-state index contributed by atoms with van der Waals surface area (Å²) >= 11 is 1.53. The molecule has 1 aromatic carbocycles. The summed E-state index contributed by atoms with van der Waals surface area (Å²) in [5.41, 5.74) is 0.803. The molecular weight excluding hydrogens is 403 g/mol. The lowest BCUT2D eigenvalue weighted by atomic mass is 10.2. The van der Waals surface area contributed by atoms with Crippen LogP contribution in [0.3, 0.4) is 0 Å². The molecule has 2 amide bonds. The van der Waals surface area contributed by atoms with Gasteiger partial charge < -0.3 is 14.2 Å². The minimum Gasteiger partial charge on any atom is -0.467 e. The first-order valence-corrected chi connectivity index (χ1v) is 10.7. The van der Waals surface area contributed by atoms with Crippen molar-refractivity contribution in [2.45, 2.75) is 39.4 Å². The van der Waals surface area contributed by atoms with E-state index in [1.807, 2.05) is 31.4 Å². The second-order valence-electron chi connectivity index (χ2n) is 7.33. The SMILES string of the molecule is CC(C)N(CC(=O)N(Cc1ccc(F)cc1)Cc1ccco1)C(=O)Cc1cccs1. The smallest absolute Gasteiger partial charge is 0.242 e. The second-order valence-corrected chi connectivity index (χ2v) is 8.36. The van der Waals surface area contributed by atoms with Crippen LogP contribution in [0, 0.1) is 5.82 Å². The Kier molecular flexibility index (Phi) is 7.41. The van der Waals surface area contributed by atoms with Crippen LogP contribution in [0.4, 0.5) is 4.39 Å². The van der Waals surface area contributed by atoms with Crippen LogP contribution < -0.4 is 0 Å². The molecule has 30 heavy (non-hydrogen) atoms. The van der Waals surface area contributed by atoms with Crippen LogP contribution in [-0.4, -0.2) is 34.2 Å². The zero-order chi connectivity index (χ0) is 21.5. The lowest BCUT2D eigenvalue weighted by Gasteiger charge is -2.30.